The molecule has 3 aromatic heterocycles. The zero-order chi connectivity index (χ0) is 22.5. The Morgan fingerprint density at radius 2 is 1.88 bits per heavy atom. The van der Waals surface area contributed by atoms with Gasteiger partial charge in [0.25, 0.3) is 5.91 Å². The maximum Gasteiger partial charge on any atom is 0.263 e. The zero-order valence-electron chi connectivity index (χ0n) is 19.0. The van der Waals surface area contributed by atoms with Crippen LogP contribution >= 0.6 is 11.3 Å². The van der Waals surface area contributed by atoms with E-state index in [9.17, 15) is 4.79 Å². The Hall–Kier alpha value is -2.96. The standard InChI is InChI=1S/C26H30N4OS/c1-4-29(18-21-11-6-5-7-12-21)14-10-13-27-25(31)24-23(30-15-8-9-16-30)22-19(2)17-20(3)28-26(22)32-24/h5-9,11-12,15-17H,4,10,13-14,18H2,1-3H3,(H,27,31). The monoisotopic (exact) mass is 446 g/mol. The van der Waals surface area contributed by atoms with Gasteiger partial charge in [0.2, 0.25) is 0 Å². The zero-order valence-corrected chi connectivity index (χ0v) is 19.8. The average molecular weight is 447 g/mol. The van der Waals surface area contributed by atoms with Crippen LogP contribution < -0.4 is 5.32 Å². The molecule has 0 saturated carbocycles. The van der Waals surface area contributed by atoms with Crippen LogP contribution in [0, 0.1) is 13.8 Å². The van der Waals surface area contributed by atoms with Gasteiger partial charge in [-0.05, 0) is 56.1 Å². The minimum atomic E-state index is -0.0279. The van der Waals surface area contributed by atoms with Crippen molar-refractivity contribution >= 4 is 27.5 Å². The van der Waals surface area contributed by atoms with Gasteiger partial charge in [0, 0.05) is 43.1 Å². The Morgan fingerprint density at radius 1 is 1.12 bits per heavy atom. The molecule has 0 unspecified atom stereocenters. The highest BCUT2D eigenvalue weighted by molar-refractivity contribution is 7.21. The van der Waals surface area contributed by atoms with Gasteiger partial charge in [-0.25, -0.2) is 4.98 Å². The fourth-order valence-electron chi connectivity index (χ4n) is 4.08. The quantitative estimate of drug-likeness (QED) is 0.353. The van der Waals surface area contributed by atoms with E-state index >= 15 is 0 Å². The molecule has 4 aromatic rings. The molecule has 1 amide bonds. The highest BCUT2D eigenvalue weighted by Gasteiger charge is 2.22. The maximum atomic E-state index is 13.2. The molecule has 0 spiro atoms. The van der Waals surface area contributed by atoms with Crippen molar-refractivity contribution in [3.63, 3.8) is 0 Å². The van der Waals surface area contributed by atoms with Crippen LogP contribution in [0.25, 0.3) is 15.9 Å². The summed E-state index contributed by atoms with van der Waals surface area (Å²) in [5.41, 5.74) is 4.36. The van der Waals surface area contributed by atoms with Crippen molar-refractivity contribution in [2.45, 2.75) is 33.7 Å². The van der Waals surface area contributed by atoms with Gasteiger partial charge in [0.15, 0.2) is 0 Å². The molecule has 0 atom stereocenters. The molecule has 0 saturated heterocycles. The van der Waals surface area contributed by atoms with E-state index in [0.717, 1.165) is 53.2 Å². The number of aromatic nitrogens is 2. The summed E-state index contributed by atoms with van der Waals surface area (Å²) >= 11 is 1.47. The summed E-state index contributed by atoms with van der Waals surface area (Å²) in [5.74, 6) is -0.0279. The van der Waals surface area contributed by atoms with Crippen LogP contribution in [0.15, 0.2) is 60.9 Å². The summed E-state index contributed by atoms with van der Waals surface area (Å²) in [6.07, 6.45) is 4.88. The number of hydrogen-bond acceptors (Lipinski definition) is 4. The molecule has 166 valence electrons. The van der Waals surface area contributed by atoms with Gasteiger partial charge in [-0.15, -0.1) is 11.3 Å². The summed E-state index contributed by atoms with van der Waals surface area (Å²) in [7, 11) is 0. The number of amides is 1. The largest absolute Gasteiger partial charge is 0.351 e. The third-order valence-electron chi connectivity index (χ3n) is 5.66. The van der Waals surface area contributed by atoms with Gasteiger partial charge >= 0.3 is 0 Å². The van der Waals surface area contributed by atoms with Crippen LogP contribution in [-0.4, -0.2) is 40.0 Å². The minimum absolute atomic E-state index is 0.0279. The highest BCUT2D eigenvalue weighted by atomic mass is 32.1. The van der Waals surface area contributed by atoms with Crippen LogP contribution in [-0.2, 0) is 6.54 Å². The molecule has 5 nitrogen and oxygen atoms in total. The van der Waals surface area contributed by atoms with Crippen molar-refractivity contribution in [2.24, 2.45) is 0 Å². The fourth-order valence-corrected chi connectivity index (χ4v) is 5.29. The molecular formula is C26H30N4OS. The number of nitrogens with one attached hydrogen (secondary N) is 1. The van der Waals surface area contributed by atoms with Gasteiger partial charge < -0.3 is 9.88 Å². The Bertz CT molecular complexity index is 1180. The molecule has 4 rings (SSSR count). The van der Waals surface area contributed by atoms with E-state index in [2.05, 4.69) is 54.4 Å². The summed E-state index contributed by atoms with van der Waals surface area (Å²) < 4.78 is 2.02. The first kappa shape index (κ1) is 22.2. The van der Waals surface area contributed by atoms with Crippen molar-refractivity contribution < 1.29 is 4.79 Å². The lowest BCUT2D eigenvalue weighted by molar-refractivity contribution is 0.0955. The molecule has 0 aliphatic carbocycles. The van der Waals surface area contributed by atoms with Gasteiger partial charge in [-0.1, -0.05) is 37.3 Å². The van der Waals surface area contributed by atoms with Crippen LogP contribution in [0.4, 0.5) is 0 Å². The van der Waals surface area contributed by atoms with Crippen molar-refractivity contribution in [2.75, 3.05) is 19.6 Å². The minimum Gasteiger partial charge on any atom is -0.351 e. The number of fused-ring (bicyclic) bond motifs is 1. The van der Waals surface area contributed by atoms with Gasteiger partial charge in [0.05, 0.1) is 5.69 Å². The Kier molecular flexibility index (Phi) is 7.02. The number of carbonyl (C=O) groups is 1. The molecule has 0 bridgehead atoms. The Labute approximate surface area is 193 Å². The first-order chi connectivity index (χ1) is 15.6. The number of aryl methyl sites for hydroxylation is 2. The summed E-state index contributed by atoms with van der Waals surface area (Å²) in [5, 5.41) is 4.20. The Morgan fingerprint density at radius 3 is 2.59 bits per heavy atom. The summed E-state index contributed by atoms with van der Waals surface area (Å²) in [6.45, 7) is 9.78. The number of pyridine rings is 1. The lowest BCUT2D eigenvalue weighted by Crippen LogP contribution is -2.29. The number of rotatable bonds is 9. The average Bonchev–Trinajstić information content (AvgIpc) is 3.44. The SMILES string of the molecule is CCN(CCCNC(=O)c1sc2nc(C)cc(C)c2c1-n1cccc1)Cc1ccccc1. The van der Waals surface area contributed by atoms with Gasteiger partial charge in [-0.3, -0.25) is 9.69 Å². The van der Waals surface area contributed by atoms with Crippen molar-refractivity contribution in [3.8, 4) is 5.69 Å². The topological polar surface area (TPSA) is 50.2 Å². The van der Waals surface area contributed by atoms with Crippen LogP contribution in [0.3, 0.4) is 0 Å². The van der Waals surface area contributed by atoms with E-state index in [1.165, 1.54) is 16.9 Å². The van der Waals surface area contributed by atoms with Crippen LogP contribution in [0.2, 0.25) is 0 Å². The van der Waals surface area contributed by atoms with Crippen molar-refractivity contribution in [3.05, 3.63) is 82.6 Å². The molecule has 1 N–H and O–H groups in total. The van der Waals surface area contributed by atoms with Crippen LogP contribution in [0.5, 0.6) is 0 Å². The van der Waals surface area contributed by atoms with Crippen molar-refractivity contribution in [1.29, 1.82) is 0 Å². The van der Waals surface area contributed by atoms with E-state index in [-0.39, 0.29) is 5.91 Å². The second kappa shape index (κ2) is 10.1. The van der Waals surface area contributed by atoms with Gasteiger partial charge in [0.1, 0.15) is 9.71 Å². The molecule has 32 heavy (non-hydrogen) atoms. The molecule has 0 fully saturated rings. The molecular weight excluding hydrogens is 416 g/mol. The molecule has 3 heterocycles. The Balaban J connectivity index is 1.45. The van der Waals surface area contributed by atoms with Crippen molar-refractivity contribution in [1.82, 2.24) is 19.8 Å². The van der Waals surface area contributed by atoms with E-state index in [4.69, 9.17) is 4.98 Å². The number of thiophene rings is 1. The predicted molar refractivity (Wildman–Crippen MR) is 133 cm³/mol. The number of nitrogens with zero attached hydrogens (tertiary/aromatic N) is 3. The third-order valence-corrected chi connectivity index (χ3v) is 6.74. The fraction of sp³-hybridized carbons (Fsp3) is 0.308. The van der Waals surface area contributed by atoms with E-state index < -0.39 is 0 Å². The highest BCUT2D eigenvalue weighted by Crippen LogP contribution is 2.35. The molecule has 0 aliphatic heterocycles. The smallest absolute Gasteiger partial charge is 0.263 e. The first-order valence-electron chi connectivity index (χ1n) is 11.2. The maximum absolute atomic E-state index is 13.2. The normalized spacial score (nSPS) is 11.4. The van der Waals surface area contributed by atoms with E-state index in [1.54, 1.807) is 0 Å². The second-order valence-corrected chi connectivity index (χ2v) is 9.09. The lowest BCUT2D eigenvalue weighted by atomic mass is 10.1. The predicted octanol–water partition coefficient (Wildman–Crippen LogP) is 5.35. The number of hydrogen-bond donors (Lipinski definition) is 1. The molecule has 0 aliphatic rings. The summed E-state index contributed by atoms with van der Waals surface area (Å²) in [6, 6.07) is 16.6. The second-order valence-electron chi connectivity index (χ2n) is 8.09. The lowest BCUT2D eigenvalue weighted by Gasteiger charge is -2.20. The number of benzene rings is 1. The molecule has 6 heteroatoms. The van der Waals surface area contributed by atoms with E-state index in [1.807, 2.05) is 42.1 Å². The molecule has 1 aromatic carbocycles. The number of carbonyl (C=O) groups excluding carboxylic acids is 1. The van der Waals surface area contributed by atoms with Gasteiger partial charge in [-0.2, -0.15) is 0 Å². The van der Waals surface area contributed by atoms with E-state index in [0.29, 0.717) is 11.4 Å². The van der Waals surface area contributed by atoms with Crippen LogP contribution in [0.1, 0.15) is 39.8 Å². The molecule has 0 radical (unpaired) electrons. The first-order valence-corrected chi connectivity index (χ1v) is 12.0. The summed E-state index contributed by atoms with van der Waals surface area (Å²) in [4.78, 5) is 21.9. The third kappa shape index (κ3) is 4.92.